The molecule has 1 N–H and O–H groups in total. The number of nitrogens with one attached hydrogen (secondary N) is 1. The average molecular weight is 367 g/mol. The smallest absolute Gasteiger partial charge is 0.258 e. The summed E-state index contributed by atoms with van der Waals surface area (Å²) in [5, 5.41) is 0.565. The Kier molecular flexibility index (Phi) is 5.34. The number of nitrogens with zero attached hydrogens (tertiary/aromatic N) is 2. The van der Waals surface area contributed by atoms with Gasteiger partial charge >= 0.3 is 0 Å². The molecule has 0 saturated carbocycles. The van der Waals surface area contributed by atoms with Crippen LogP contribution in [0.4, 0.5) is 0 Å². The molecule has 142 valence electrons. The number of amides is 1. The van der Waals surface area contributed by atoms with Crippen LogP contribution < -0.4 is 5.56 Å². The second kappa shape index (κ2) is 8.05. The number of aromatic nitrogens is 2. The van der Waals surface area contributed by atoms with Crippen LogP contribution in [0.15, 0.2) is 41.2 Å². The zero-order valence-electron chi connectivity index (χ0n) is 15.4. The van der Waals surface area contributed by atoms with Gasteiger partial charge in [0.05, 0.1) is 23.6 Å². The molecular weight excluding hydrogens is 342 g/mol. The van der Waals surface area contributed by atoms with Gasteiger partial charge in [0.25, 0.3) is 5.56 Å². The molecule has 1 aliphatic carbocycles. The van der Waals surface area contributed by atoms with E-state index in [4.69, 9.17) is 4.74 Å². The highest BCUT2D eigenvalue weighted by molar-refractivity contribution is 5.79. The van der Waals surface area contributed by atoms with Crippen molar-refractivity contribution in [2.75, 3.05) is 13.2 Å². The third-order valence-corrected chi connectivity index (χ3v) is 5.38. The second-order valence-corrected chi connectivity index (χ2v) is 7.36. The molecule has 1 aliphatic heterocycles. The number of carbonyl (C=O) groups is 1. The fraction of sp³-hybridized carbons (Fsp3) is 0.476. The minimum absolute atomic E-state index is 0.00332. The van der Waals surface area contributed by atoms with Crippen molar-refractivity contribution in [1.29, 1.82) is 0 Å². The van der Waals surface area contributed by atoms with Gasteiger partial charge in [-0.05, 0) is 44.2 Å². The van der Waals surface area contributed by atoms with E-state index in [1.165, 1.54) is 0 Å². The first kappa shape index (κ1) is 17.9. The summed E-state index contributed by atoms with van der Waals surface area (Å²) in [7, 11) is 0. The molecule has 2 heterocycles. The molecule has 0 bridgehead atoms. The molecule has 1 saturated heterocycles. The molecule has 1 aromatic heterocycles. The maximum Gasteiger partial charge on any atom is 0.258 e. The number of H-pyrrole nitrogens is 1. The van der Waals surface area contributed by atoms with Gasteiger partial charge in [-0.2, -0.15) is 0 Å². The number of benzene rings is 1. The summed E-state index contributed by atoms with van der Waals surface area (Å²) < 4.78 is 5.75. The maximum atomic E-state index is 13.2. The molecule has 1 amide bonds. The molecule has 2 aromatic rings. The van der Waals surface area contributed by atoms with Crippen LogP contribution in [-0.4, -0.2) is 40.0 Å². The maximum absolute atomic E-state index is 13.2. The van der Waals surface area contributed by atoms with E-state index in [1.807, 2.05) is 23.1 Å². The molecule has 27 heavy (non-hydrogen) atoms. The van der Waals surface area contributed by atoms with Crippen molar-refractivity contribution in [2.45, 2.75) is 44.8 Å². The van der Waals surface area contributed by atoms with Crippen molar-refractivity contribution in [3.63, 3.8) is 0 Å². The number of hydrogen-bond donors (Lipinski definition) is 1. The van der Waals surface area contributed by atoms with Crippen LogP contribution in [-0.2, 0) is 16.1 Å². The fourth-order valence-corrected chi connectivity index (χ4v) is 3.93. The molecule has 1 aromatic carbocycles. The van der Waals surface area contributed by atoms with Crippen LogP contribution in [0, 0.1) is 5.92 Å². The molecule has 2 aliphatic rings. The first-order valence-electron chi connectivity index (χ1n) is 9.74. The molecule has 4 rings (SSSR count). The summed E-state index contributed by atoms with van der Waals surface area (Å²) >= 11 is 0. The summed E-state index contributed by atoms with van der Waals surface area (Å²) in [4.78, 5) is 34.8. The number of hydrogen-bond acceptors (Lipinski definition) is 4. The third kappa shape index (κ3) is 4.11. The Bertz CT molecular complexity index is 899. The van der Waals surface area contributed by atoms with Crippen LogP contribution >= 0.6 is 0 Å². The highest BCUT2D eigenvalue weighted by atomic mass is 16.5. The van der Waals surface area contributed by atoms with Gasteiger partial charge in [0.1, 0.15) is 5.82 Å². The second-order valence-electron chi connectivity index (χ2n) is 7.36. The lowest BCUT2D eigenvalue weighted by atomic mass is 9.93. The van der Waals surface area contributed by atoms with Crippen LogP contribution in [0.1, 0.15) is 37.9 Å². The zero-order chi connectivity index (χ0) is 18.6. The Morgan fingerprint density at radius 1 is 1.26 bits per heavy atom. The van der Waals surface area contributed by atoms with Crippen molar-refractivity contribution < 1.29 is 9.53 Å². The van der Waals surface area contributed by atoms with E-state index in [1.54, 1.807) is 6.07 Å². The van der Waals surface area contributed by atoms with Gasteiger partial charge in [-0.1, -0.05) is 24.3 Å². The van der Waals surface area contributed by atoms with Crippen LogP contribution in [0.5, 0.6) is 0 Å². The lowest BCUT2D eigenvalue weighted by Crippen LogP contribution is -2.41. The standard InChI is InChI=1S/C21H25N3O3/c25-20-17-10-4-5-11-18(17)22-19(23-20)14-24(13-16-9-6-12-27-16)21(26)15-7-2-1-3-8-15/h1-2,4-5,10-11,15-16H,3,6-9,12-14H2,(H,22,23,25)/t15-,16-/m1/s1. The summed E-state index contributed by atoms with van der Waals surface area (Å²) in [6, 6.07) is 7.27. The van der Waals surface area contributed by atoms with Gasteiger partial charge in [0.15, 0.2) is 0 Å². The van der Waals surface area contributed by atoms with Gasteiger partial charge in [-0.3, -0.25) is 9.59 Å². The van der Waals surface area contributed by atoms with E-state index in [0.29, 0.717) is 29.8 Å². The molecular formula is C21H25N3O3. The normalized spacial score (nSPS) is 22.2. The largest absolute Gasteiger partial charge is 0.376 e. The Balaban J connectivity index is 1.58. The molecule has 0 unspecified atom stereocenters. The van der Waals surface area contributed by atoms with E-state index in [2.05, 4.69) is 22.1 Å². The Morgan fingerprint density at radius 2 is 2.15 bits per heavy atom. The topological polar surface area (TPSA) is 75.3 Å². The highest BCUT2D eigenvalue weighted by Gasteiger charge is 2.28. The van der Waals surface area contributed by atoms with Crippen molar-refractivity contribution in [2.24, 2.45) is 5.92 Å². The summed E-state index contributed by atoms with van der Waals surface area (Å²) in [5.74, 6) is 0.658. The van der Waals surface area contributed by atoms with E-state index >= 15 is 0 Å². The monoisotopic (exact) mass is 367 g/mol. The van der Waals surface area contributed by atoms with Crippen molar-refractivity contribution in [1.82, 2.24) is 14.9 Å². The number of rotatable bonds is 5. The quantitative estimate of drug-likeness (QED) is 0.825. The Labute approximate surface area is 158 Å². The number of carbonyl (C=O) groups excluding carboxylic acids is 1. The molecule has 6 heteroatoms. The summed E-state index contributed by atoms with van der Waals surface area (Å²) in [6.45, 7) is 1.61. The van der Waals surface area contributed by atoms with Crippen LogP contribution in [0.25, 0.3) is 10.9 Å². The number of aromatic amines is 1. The SMILES string of the molecule is O=C([C@@H]1CC=CCC1)N(Cc1nc2ccccc2c(=O)[nH]1)C[C@H]1CCCO1. The first-order valence-corrected chi connectivity index (χ1v) is 9.74. The zero-order valence-corrected chi connectivity index (χ0v) is 15.4. The number of fused-ring (bicyclic) bond motifs is 1. The van der Waals surface area contributed by atoms with Crippen molar-refractivity contribution in [3.8, 4) is 0 Å². The summed E-state index contributed by atoms with van der Waals surface area (Å²) in [6.07, 6.45) is 8.89. The number of para-hydroxylation sites is 1. The highest BCUT2D eigenvalue weighted by Crippen LogP contribution is 2.23. The predicted molar refractivity (Wildman–Crippen MR) is 103 cm³/mol. The first-order chi connectivity index (χ1) is 13.2. The van der Waals surface area contributed by atoms with Gasteiger partial charge in [0.2, 0.25) is 5.91 Å². The van der Waals surface area contributed by atoms with Crippen molar-refractivity contribution in [3.05, 3.63) is 52.6 Å². The molecule has 2 atom stereocenters. The van der Waals surface area contributed by atoms with Gasteiger partial charge in [0, 0.05) is 19.1 Å². The van der Waals surface area contributed by atoms with E-state index in [-0.39, 0.29) is 23.5 Å². The van der Waals surface area contributed by atoms with Crippen LogP contribution in [0.3, 0.4) is 0 Å². The summed E-state index contributed by atoms with van der Waals surface area (Å²) in [5.41, 5.74) is 0.488. The third-order valence-electron chi connectivity index (χ3n) is 5.38. The van der Waals surface area contributed by atoms with Gasteiger partial charge in [-0.25, -0.2) is 4.98 Å². The molecule has 1 fully saturated rings. The van der Waals surface area contributed by atoms with E-state index in [0.717, 1.165) is 38.7 Å². The number of allylic oxidation sites excluding steroid dienone is 2. The number of ether oxygens (including phenoxy) is 1. The van der Waals surface area contributed by atoms with Crippen LogP contribution in [0.2, 0.25) is 0 Å². The lowest BCUT2D eigenvalue weighted by Gasteiger charge is -2.29. The van der Waals surface area contributed by atoms with Gasteiger partial charge < -0.3 is 14.6 Å². The van der Waals surface area contributed by atoms with Crippen molar-refractivity contribution >= 4 is 16.8 Å². The Morgan fingerprint density at radius 3 is 2.93 bits per heavy atom. The molecule has 0 radical (unpaired) electrons. The van der Waals surface area contributed by atoms with E-state index in [9.17, 15) is 9.59 Å². The minimum atomic E-state index is -0.166. The fourth-order valence-electron chi connectivity index (χ4n) is 3.93. The van der Waals surface area contributed by atoms with E-state index < -0.39 is 0 Å². The molecule has 0 spiro atoms. The lowest BCUT2D eigenvalue weighted by molar-refractivity contribution is -0.138. The van der Waals surface area contributed by atoms with Gasteiger partial charge in [-0.15, -0.1) is 0 Å². The predicted octanol–water partition coefficient (Wildman–Crippen LogP) is 2.79. The molecule has 6 nitrogen and oxygen atoms in total. The minimum Gasteiger partial charge on any atom is -0.376 e. The average Bonchev–Trinajstić information content (AvgIpc) is 3.21. The Hall–Kier alpha value is -2.47.